The maximum absolute atomic E-state index is 12.0. The molecule has 2 saturated heterocycles. The van der Waals surface area contributed by atoms with Crippen LogP contribution in [0.25, 0.3) is 0 Å². The van der Waals surface area contributed by atoms with Gasteiger partial charge < -0.3 is 10.1 Å². The van der Waals surface area contributed by atoms with Gasteiger partial charge in [-0.3, -0.25) is 4.79 Å². The van der Waals surface area contributed by atoms with Gasteiger partial charge in [0.2, 0.25) is 15.9 Å². The summed E-state index contributed by atoms with van der Waals surface area (Å²) in [5.74, 6) is 0.613. The van der Waals surface area contributed by atoms with Crippen molar-refractivity contribution in [3.63, 3.8) is 0 Å². The summed E-state index contributed by atoms with van der Waals surface area (Å²) >= 11 is 0. The predicted octanol–water partition coefficient (Wildman–Crippen LogP) is 0.0567. The molecule has 1 amide bonds. The minimum atomic E-state index is -3.16. The molecule has 2 aliphatic rings. The van der Waals surface area contributed by atoms with Crippen LogP contribution < -0.4 is 5.32 Å². The Balaban J connectivity index is 2.13. The molecule has 0 aromatic heterocycles. The van der Waals surface area contributed by atoms with E-state index in [-0.39, 0.29) is 29.4 Å². The lowest BCUT2D eigenvalue weighted by Crippen LogP contribution is -2.49. The summed E-state index contributed by atoms with van der Waals surface area (Å²) < 4.78 is 30.8. The molecule has 2 heterocycles. The average Bonchev–Trinajstić information content (AvgIpc) is 2.66. The standard InChI is InChI=1S/C13H24N2O4S/c1-3-20(17,18)15-6-4-11-10(9-19-2)8-14-13(16)12(11)5-7-15/h10-12H,3-9H2,1-2H3,(H,14,16)/t10-,11+,12+/m1/s1. The molecule has 3 atom stereocenters. The van der Waals surface area contributed by atoms with E-state index < -0.39 is 10.0 Å². The molecule has 0 spiro atoms. The van der Waals surface area contributed by atoms with Gasteiger partial charge in [-0.25, -0.2) is 12.7 Å². The third-order valence-corrected chi connectivity index (χ3v) is 6.42. The van der Waals surface area contributed by atoms with E-state index in [1.165, 1.54) is 0 Å². The van der Waals surface area contributed by atoms with Gasteiger partial charge in [-0.2, -0.15) is 0 Å². The third kappa shape index (κ3) is 3.15. The van der Waals surface area contributed by atoms with Gasteiger partial charge in [-0.15, -0.1) is 0 Å². The number of amides is 1. The smallest absolute Gasteiger partial charge is 0.223 e. The summed E-state index contributed by atoms with van der Waals surface area (Å²) in [6.07, 6.45) is 1.35. The summed E-state index contributed by atoms with van der Waals surface area (Å²) in [6, 6.07) is 0. The molecule has 2 rings (SSSR count). The Morgan fingerprint density at radius 1 is 1.35 bits per heavy atom. The minimum absolute atomic E-state index is 0.0677. The van der Waals surface area contributed by atoms with Crippen LogP contribution >= 0.6 is 0 Å². The van der Waals surface area contributed by atoms with Crippen LogP contribution in [-0.2, 0) is 19.6 Å². The van der Waals surface area contributed by atoms with Gasteiger partial charge in [-0.1, -0.05) is 0 Å². The van der Waals surface area contributed by atoms with E-state index in [9.17, 15) is 13.2 Å². The maximum atomic E-state index is 12.0. The van der Waals surface area contributed by atoms with E-state index in [0.29, 0.717) is 32.7 Å². The maximum Gasteiger partial charge on any atom is 0.223 e. The fourth-order valence-electron chi connectivity index (χ4n) is 3.36. The quantitative estimate of drug-likeness (QED) is 0.797. The fraction of sp³-hybridized carbons (Fsp3) is 0.923. The van der Waals surface area contributed by atoms with Gasteiger partial charge in [0.05, 0.1) is 12.4 Å². The summed E-state index contributed by atoms with van der Waals surface area (Å²) in [7, 11) is -1.50. The van der Waals surface area contributed by atoms with Crippen LogP contribution in [0.5, 0.6) is 0 Å². The summed E-state index contributed by atoms with van der Waals surface area (Å²) in [4.78, 5) is 12.0. The van der Waals surface area contributed by atoms with E-state index >= 15 is 0 Å². The first-order chi connectivity index (χ1) is 9.49. The molecule has 2 fully saturated rings. The lowest BCUT2D eigenvalue weighted by Gasteiger charge is -2.36. The van der Waals surface area contributed by atoms with Gasteiger partial charge in [0.1, 0.15) is 0 Å². The van der Waals surface area contributed by atoms with Crippen molar-refractivity contribution in [1.82, 2.24) is 9.62 Å². The average molecular weight is 304 g/mol. The normalized spacial score (nSPS) is 32.3. The molecular formula is C13H24N2O4S. The predicted molar refractivity (Wildman–Crippen MR) is 75.6 cm³/mol. The zero-order valence-corrected chi connectivity index (χ0v) is 13.0. The number of fused-ring (bicyclic) bond motifs is 1. The number of piperidine rings is 1. The van der Waals surface area contributed by atoms with Gasteiger partial charge in [0, 0.05) is 38.6 Å². The van der Waals surface area contributed by atoms with Crippen molar-refractivity contribution in [2.45, 2.75) is 19.8 Å². The zero-order valence-electron chi connectivity index (χ0n) is 12.2. The molecule has 0 saturated carbocycles. The highest BCUT2D eigenvalue weighted by Gasteiger charge is 2.41. The Hall–Kier alpha value is -0.660. The van der Waals surface area contributed by atoms with Gasteiger partial charge in [0.25, 0.3) is 0 Å². The molecule has 7 heteroatoms. The fourth-order valence-corrected chi connectivity index (χ4v) is 4.50. The monoisotopic (exact) mass is 304 g/mol. The van der Waals surface area contributed by atoms with E-state index in [4.69, 9.17) is 4.74 Å². The van der Waals surface area contributed by atoms with Gasteiger partial charge in [-0.05, 0) is 25.7 Å². The van der Waals surface area contributed by atoms with Crippen LogP contribution in [0, 0.1) is 17.8 Å². The van der Waals surface area contributed by atoms with Gasteiger partial charge in [0.15, 0.2) is 0 Å². The van der Waals surface area contributed by atoms with E-state index in [0.717, 1.165) is 6.42 Å². The van der Waals surface area contributed by atoms with Crippen LogP contribution in [0.15, 0.2) is 0 Å². The van der Waals surface area contributed by atoms with Crippen LogP contribution in [-0.4, -0.2) is 57.7 Å². The number of hydrogen-bond donors (Lipinski definition) is 1. The minimum Gasteiger partial charge on any atom is -0.384 e. The Labute approximate surface area is 120 Å². The molecule has 0 unspecified atom stereocenters. The molecule has 116 valence electrons. The highest BCUT2D eigenvalue weighted by Crippen LogP contribution is 2.34. The van der Waals surface area contributed by atoms with Crippen molar-refractivity contribution in [3.05, 3.63) is 0 Å². The Bertz CT molecular complexity index is 451. The van der Waals surface area contributed by atoms with E-state index in [1.807, 2.05) is 0 Å². The molecule has 1 N–H and O–H groups in total. The van der Waals surface area contributed by atoms with Crippen molar-refractivity contribution in [2.75, 3.05) is 39.1 Å². The number of carbonyl (C=O) groups excluding carboxylic acids is 1. The highest BCUT2D eigenvalue weighted by atomic mass is 32.2. The summed E-state index contributed by atoms with van der Waals surface area (Å²) in [6.45, 7) is 3.87. The SMILES string of the molecule is CCS(=O)(=O)N1CC[C@H]2[C@@H](COC)CNC(=O)[C@H]2CC1. The number of methoxy groups -OCH3 is 1. The lowest BCUT2D eigenvalue weighted by molar-refractivity contribution is -0.131. The van der Waals surface area contributed by atoms with Gasteiger partial charge >= 0.3 is 0 Å². The lowest BCUT2D eigenvalue weighted by atomic mass is 9.75. The highest BCUT2D eigenvalue weighted by molar-refractivity contribution is 7.89. The Morgan fingerprint density at radius 2 is 2.05 bits per heavy atom. The number of sulfonamides is 1. The number of rotatable bonds is 4. The first-order valence-corrected chi connectivity index (χ1v) is 8.85. The molecule has 0 aliphatic carbocycles. The first-order valence-electron chi connectivity index (χ1n) is 7.24. The van der Waals surface area contributed by atoms with Crippen molar-refractivity contribution < 1.29 is 17.9 Å². The second-order valence-corrected chi connectivity index (χ2v) is 7.87. The number of carbonyl (C=O) groups is 1. The molecule has 6 nitrogen and oxygen atoms in total. The van der Waals surface area contributed by atoms with Crippen LogP contribution in [0.4, 0.5) is 0 Å². The Morgan fingerprint density at radius 3 is 2.70 bits per heavy atom. The summed E-state index contributed by atoms with van der Waals surface area (Å²) in [5.41, 5.74) is 0. The summed E-state index contributed by atoms with van der Waals surface area (Å²) in [5, 5.41) is 2.92. The van der Waals surface area contributed by atoms with E-state index in [2.05, 4.69) is 5.32 Å². The zero-order chi connectivity index (χ0) is 14.8. The van der Waals surface area contributed by atoms with Crippen LogP contribution in [0.1, 0.15) is 19.8 Å². The molecule has 0 aromatic carbocycles. The number of nitrogens with one attached hydrogen (secondary N) is 1. The largest absolute Gasteiger partial charge is 0.384 e. The van der Waals surface area contributed by atoms with Crippen LogP contribution in [0.3, 0.4) is 0 Å². The van der Waals surface area contributed by atoms with Crippen LogP contribution in [0.2, 0.25) is 0 Å². The molecule has 0 radical (unpaired) electrons. The number of nitrogens with zero attached hydrogens (tertiary/aromatic N) is 1. The number of hydrogen-bond acceptors (Lipinski definition) is 4. The second-order valence-electron chi connectivity index (χ2n) is 5.61. The molecular weight excluding hydrogens is 280 g/mol. The topological polar surface area (TPSA) is 75.7 Å². The van der Waals surface area contributed by atoms with Crippen molar-refractivity contribution in [3.8, 4) is 0 Å². The van der Waals surface area contributed by atoms with Crippen molar-refractivity contribution in [2.24, 2.45) is 17.8 Å². The molecule has 0 aromatic rings. The van der Waals surface area contributed by atoms with E-state index in [1.54, 1.807) is 18.3 Å². The third-order valence-electron chi connectivity index (χ3n) is 4.54. The van der Waals surface area contributed by atoms with Crippen molar-refractivity contribution in [1.29, 1.82) is 0 Å². The molecule has 0 bridgehead atoms. The Kier molecular flexibility index (Phi) is 5.04. The first kappa shape index (κ1) is 15.7. The van der Waals surface area contributed by atoms with Crippen molar-refractivity contribution >= 4 is 15.9 Å². The number of ether oxygens (including phenoxy) is 1. The second kappa shape index (κ2) is 6.41. The molecule has 2 aliphatic heterocycles. The molecule has 20 heavy (non-hydrogen) atoms.